The second-order valence-electron chi connectivity index (χ2n) is 10.2. The van der Waals surface area contributed by atoms with Crippen molar-refractivity contribution in [3.8, 4) is 11.6 Å². The zero-order valence-corrected chi connectivity index (χ0v) is 23.9. The lowest BCUT2D eigenvalue weighted by Gasteiger charge is -2.23. The molecule has 40 heavy (non-hydrogen) atoms. The molecule has 0 spiro atoms. The number of amides is 1. The van der Waals surface area contributed by atoms with Gasteiger partial charge in [0.1, 0.15) is 5.56 Å². The van der Waals surface area contributed by atoms with Crippen molar-refractivity contribution in [2.75, 3.05) is 12.4 Å². The molecule has 0 saturated heterocycles. The molecule has 1 amide bonds. The predicted molar refractivity (Wildman–Crippen MR) is 142 cm³/mol. The fraction of sp³-hybridized carbons (Fsp3) is 0.444. The summed E-state index contributed by atoms with van der Waals surface area (Å²) in [5, 5.41) is 17.0. The number of aliphatic hydroxyl groups is 1. The normalized spacial score (nSPS) is 13.2. The summed E-state index contributed by atoms with van der Waals surface area (Å²) in [5.74, 6) is -1.35. The molecule has 2 N–H and O–H groups in total. The SMILES string of the molecule is CCc1cncc(Oc2c(C)c(C(=O)NC(CO)c3ccc(S(=O)(=O)CC)cc3)nn2C(C)(C)C)c1C(F)(F)F. The van der Waals surface area contributed by atoms with Crippen molar-refractivity contribution in [1.29, 1.82) is 0 Å². The number of pyridine rings is 1. The lowest BCUT2D eigenvalue weighted by Crippen LogP contribution is -2.32. The van der Waals surface area contributed by atoms with E-state index in [2.05, 4.69) is 15.4 Å². The average molecular weight is 583 g/mol. The van der Waals surface area contributed by atoms with Crippen LogP contribution < -0.4 is 10.1 Å². The number of benzene rings is 1. The van der Waals surface area contributed by atoms with Crippen molar-refractivity contribution in [2.45, 2.75) is 70.6 Å². The van der Waals surface area contributed by atoms with Gasteiger partial charge in [0.05, 0.1) is 35.0 Å². The number of rotatable bonds is 9. The van der Waals surface area contributed by atoms with Crippen molar-refractivity contribution >= 4 is 15.7 Å². The molecule has 0 aliphatic rings. The van der Waals surface area contributed by atoms with E-state index in [0.717, 1.165) is 12.4 Å². The molecule has 0 radical (unpaired) electrons. The van der Waals surface area contributed by atoms with E-state index in [9.17, 15) is 31.5 Å². The van der Waals surface area contributed by atoms with Crippen LogP contribution in [-0.4, -0.2) is 46.6 Å². The third-order valence-corrected chi connectivity index (χ3v) is 8.04. The van der Waals surface area contributed by atoms with Crippen molar-refractivity contribution in [2.24, 2.45) is 0 Å². The summed E-state index contributed by atoms with van der Waals surface area (Å²) >= 11 is 0. The monoisotopic (exact) mass is 582 g/mol. The Bertz CT molecular complexity index is 1480. The molecule has 3 rings (SSSR count). The van der Waals surface area contributed by atoms with E-state index < -0.39 is 51.4 Å². The van der Waals surface area contributed by atoms with Crippen LogP contribution in [0, 0.1) is 6.92 Å². The number of carbonyl (C=O) groups excluding carboxylic acids is 1. The fourth-order valence-corrected chi connectivity index (χ4v) is 4.94. The third-order valence-electron chi connectivity index (χ3n) is 6.29. The maximum atomic E-state index is 14.0. The quantitative estimate of drug-likeness (QED) is 0.365. The fourth-order valence-electron chi connectivity index (χ4n) is 4.06. The number of aliphatic hydroxyl groups excluding tert-OH is 1. The third kappa shape index (κ3) is 6.47. The number of nitrogens with zero attached hydrogens (tertiary/aromatic N) is 3. The van der Waals surface area contributed by atoms with Gasteiger partial charge in [0.25, 0.3) is 5.91 Å². The molecular formula is C27H33F3N4O5S. The summed E-state index contributed by atoms with van der Waals surface area (Å²) in [6.45, 7) is 9.36. The second kappa shape index (κ2) is 11.6. The summed E-state index contributed by atoms with van der Waals surface area (Å²) in [6.07, 6.45) is -2.50. The van der Waals surface area contributed by atoms with Crippen LogP contribution in [0.25, 0.3) is 0 Å². The van der Waals surface area contributed by atoms with Crippen LogP contribution >= 0.6 is 0 Å². The summed E-state index contributed by atoms with van der Waals surface area (Å²) in [5.41, 5.74) is -1.25. The molecule has 0 aliphatic carbocycles. The summed E-state index contributed by atoms with van der Waals surface area (Å²) in [4.78, 5) is 17.3. The van der Waals surface area contributed by atoms with Crippen molar-refractivity contribution in [3.63, 3.8) is 0 Å². The topological polar surface area (TPSA) is 123 Å². The van der Waals surface area contributed by atoms with Gasteiger partial charge < -0.3 is 15.2 Å². The number of aryl methyl sites for hydroxylation is 1. The smallest absolute Gasteiger partial charge is 0.420 e. The molecule has 0 saturated carbocycles. The number of hydrogen-bond acceptors (Lipinski definition) is 7. The van der Waals surface area contributed by atoms with Crippen LogP contribution in [0.3, 0.4) is 0 Å². The molecule has 1 unspecified atom stereocenters. The van der Waals surface area contributed by atoms with Crippen LogP contribution in [-0.2, 0) is 28.0 Å². The Balaban J connectivity index is 2.01. The number of sulfone groups is 1. The predicted octanol–water partition coefficient (Wildman–Crippen LogP) is 4.97. The Kier molecular flexibility index (Phi) is 8.99. The minimum atomic E-state index is -4.70. The molecule has 0 fully saturated rings. The van der Waals surface area contributed by atoms with E-state index in [0.29, 0.717) is 5.56 Å². The van der Waals surface area contributed by atoms with Gasteiger partial charge in [0.15, 0.2) is 21.3 Å². The Morgan fingerprint density at radius 1 is 1.12 bits per heavy atom. The number of carbonyl (C=O) groups is 1. The van der Waals surface area contributed by atoms with E-state index in [1.807, 2.05) is 0 Å². The number of halogens is 3. The van der Waals surface area contributed by atoms with Crippen molar-refractivity contribution in [3.05, 3.63) is 64.6 Å². The lowest BCUT2D eigenvalue weighted by atomic mass is 10.1. The highest BCUT2D eigenvalue weighted by Gasteiger charge is 2.38. The van der Waals surface area contributed by atoms with Crippen molar-refractivity contribution < 1.29 is 36.2 Å². The van der Waals surface area contributed by atoms with Crippen LogP contribution in [0.2, 0.25) is 0 Å². The minimum absolute atomic E-state index is 0.0361. The molecule has 2 heterocycles. The lowest BCUT2D eigenvalue weighted by molar-refractivity contribution is -0.139. The molecule has 0 aliphatic heterocycles. The maximum absolute atomic E-state index is 14.0. The number of aromatic nitrogens is 3. The Labute approximate surface area is 231 Å². The summed E-state index contributed by atoms with van der Waals surface area (Å²) in [6, 6.07) is 4.86. The minimum Gasteiger partial charge on any atom is -0.437 e. The van der Waals surface area contributed by atoms with Gasteiger partial charge in [-0.2, -0.15) is 18.3 Å². The zero-order chi connectivity index (χ0) is 30.0. The second-order valence-corrected chi connectivity index (χ2v) is 12.4. The number of hydrogen-bond donors (Lipinski definition) is 2. The highest BCUT2D eigenvalue weighted by atomic mass is 32.2. The highest BCUT2D eigenvalue weighted by molar-refractivity contribution is 7.91. The van der Waals surface area contributed by atoms with Crippen LogP contribution in [0.15, 0.2) is 41.6 Å². The largest absolute Gasteiger partial charge is 0.437 e. The van der Waals surface area contributed by atoms with Gasteiger partial charge in [-0.05, 0) is 57.4 Å². The van der Waals surface area contributed by atoms with Gasteiger partial charge in [-0.3, -0.25) is 9.78 Å². The molecule has 13 heteroatoms. The van der Waals surface area contributed by atoms with E-state index in [1.54, 1.807) is 27.7 Å². The maximum Gasteiger partial charge on any atom is 0.420 e. The standard InChI is InChI=1S/C27H33F3N4O5S/c1-7-17-13-31-14-21(22(17)27(28,29)30)39-25-16(3)23(33-34(25)26(4,5)6)24(36)32-20(15-35)18-9-11-19(12-10-18)40(37,38)8-2/h9-14,20,35H,7-8,15H2,1-6H3,(H,32,36). The molecule has 2 aromatic heterocycles. The Hall–Kier alpha value is -3.45. The molecule has 3 aromatic rings. The number of alkyl halides is 3. The van der Waals surface area contributed by atoms with E-state index in [1.165, 1.54) is 42.8 Å². The molecule has 218 valence electrons. The van der Waals surface area contributed by atoms with Gasteiger partial charge in [0.2, 0.25) is 5.88 Å². The van der Waals surface area contributed by atoms with Gasteiger partial charge in [-0.25, -0.2) is 13.1 Å². The first kappa shape index (κ1) is 31.1. The molecule has 0 bridgehead atoms. The number of ether oxygens (including phenoxy) is 1. The average Bonchev–Trinajstić information content (AvgIpc) is 3.22. The van der Waals surface area contributed by atoms with Gasteiger partial charge in [-0.15, -0.1) is 0 Å². The molecule has 1 aromatic carbocycles. The first-order valence-corrected chi connectivity index (χ1v) is 14.3. The molecule has 1 atom stereocenters. The molecule has 9 nitrogen and oxygen atoms in total. The number of nitrogens with one attached hydrogen (secondary N) is 1. The Morgan fingerprint density at radius 3 is 2.25 bits per heavy atom. The van der Waals surface area contributed by atoms with Crippen LogP contribution in [0.4, 0.5) is 13.2 Å². The van der Waals surface area contributed by atoms with Gasteiger partial charge in [-0.1, -0.05) is 26.0 Å². The Morgan fingerprint density at radius 2 is 1.75 bits per heavy atom. The summed E-state index contributed by atoms with van der Waals surface area (Å²) < 4.78 is 73.2. The van der Waals surface area contributed by atoms with E-state index >= 15 is 0 Å². The highest BCUT2D eigenvalue weighted by Crippen LogP contribution is 2.41. The first-order chi connectivity index (χ1) is 18.5. The van der Waals surface area contributed by atoms with Gasteiger partial charge in [0, 0.05) is 11.8 Å². The van der Waals surface area contributed by atoms with E-state index in [-0.39, 0.29) is 39.8 Å². The van der Waals surface area contributed by atoms with Crippen LogP contribution in [0.5, 0.6) is 11.6 Å². The first-order valence-electron chi connectivity index (χ1n) is 12.6. The van der Waals surface area contributed by atoms with Gasteiger partial charge >= 0.3 is 6.18 Å². The van der Waals surface area contributed by atoms with E-state index in [4.69, 9.17) is 4.74 Å². The molecular weight excluding hydrogens is 549 g/mol. The summed E-state index contributed by atoms with van der Waals surface area (Å²) in [7, 11) is -3.43. The van der Waals surface area contributed by atoms with Crippen molar-refractivity contribution in [1.82, 2.24) is 20.1 Å². The van der Waals surface area contributed by atoms with Crippen LogP contribution in [0.1, 0.15) is 73.4 Å². The zero-order valence-electron chi connectivity index (χ0n) is 23.1.